The number of carbonyl (C=O) groups excluding carboxylic acids is 1. The number of rotatable bonds is 2. The first-order valence-electron chi connectivity index (χ1n) is 4.46. The molecule has 0 atom stereocenters. The predicted octanol–water partition coefficient (Wildman–Crippen LogP) is 0.961. The molecule has 0 aromatic rings. The summed E-state index contributed by atoms with van der Waals surface area (Å²) in [6.45, 7) is -0.0431. The number of hydrogen-bond acceptors (Lipinski definition) is 3. The van der Waals surface area contributed by atoms with Gasteiger partial charge in [0.1, 0.15) is 6.73 Å². The highest BCUT2D eigenvalue weighted by atomic mass is 16.6. The molecule has 0 heterocycles. The van der Waals surface area contributed by atoms with Gasteiger partial charge in [0.25, 0.3) is 0 Å². The molecule has 1 aliphatic carbocycles. The van der Waals surface area contributed by atoms with Crippen LogP contribution in [0.1, 0.15) is 32.1 Å². The standard InChI is InChI=1S/C8H16N2O2/c9-6-12-8(11)10-7-4-2-1-3-5-7/h7H,1-6,9H2,(H,10,11). The number of hydrogen-bond donors (Lipinski definition) is 2. The van der Waals surface area contributed by atoms with Crippen molar-refractivity contribution in [2.45, 2.75) is 38.1 Å². The second-order valence-corrected chi connectivity index (χ2v) is 3.08. The molecular weight excluding hydrogens is 156 g/mol. The molecule has 4 heteroatoms. The summed E-state index contributed by atoms with van der Waals surface area (Å²) >= 11 is 0. The topological polar surface area (TPSA) is 64.3 Å². The van der Waals surface area contributed by atoms with Crippen molar-refractivity contribution in [1.82, 2.24) is 5.32 Å². The first kappa shape index (κ1) is 9.32. The maximum Gasteiger partial charge on any atom is 0.408 e. The van der Waals surface area contributed by atoms with Gasteiger partial charge in [-0.3, -0.25) is 5.73 Å². The van der Waals surface area contributed by atoms with Crippen molar-refractivity contribution in [2.75, 3.05) is 6.73 Å². The Labute approximate surface area is 72.5 Å². The fourth-order valence-corrected chi connectivity index (χ4v) is 1.53. The molecule has 0 unspecified atom stereocenters. The van der Waals surface area contributed by atoms with Gasteiger partial charge in [-0.15, -0.1) is 0 Å². The van der Waals surface area contributed by atoms with Crippen LogP contribution in [-0.4, -0.2) is 18.9 Å². The van der Waals surface area contributed by atoms with Crippen LogP contribution in [0.5, 0.6) is 0 Å². The highest BCUT2D eigenvalue weighted by Gasteiger charge is 2.15. The maximum absolute atomic E-state index is 10.9. The Morgan fingerprint density at radius 2 is 2.08 bits per heavy atom. The van der Waals surface area contributed by atoms with E-state index in [1.807, 2.05) is 0 Å². The van der Waals surface area contributed by atoms with Gasteiger partial charge in [0.05, 0.1) is 0 Å². The van der Waals surface area contributed by atoms with Gasteiger partial charge in [-0.2, -0.15) is 0 Å². The molecule has 0 aromatic heterocycles. The Morgan fingerprint density at radius 1 is 1.42 bits per heavy atom. The summed E-state index contributed by atoms with van der Waals surface area (Å²) in [4.78, 5) is 10.9. The van der Waals surface area contributed by atoms with Gasteiger partial charge in [0.15, 0.2) is 0 Å². The third kappa shape index (κ3) is 3.09. The number of ether oxygens (including phenoxy) is 1. The van der Waals surface area contributed by atoms with Crippen LogP contribution < -0.4 is 11.1 Å². The molecule has 0 bridgehead atoms. The molecular formula is C8H16N2O2. The number of nitrogens with two attached hydrogens (primary N) is 1. The number of alkyl carbamates (subject to hydrolysis) is 1. The fourth-order valence-electron chi connectivity index (χ4n) is 1.53. The van der Waals surface area contributed by atoms with Gasteiger partial charge >= 0.3 is 6.09 Å². The average molecular weight is 172 g/mol. The summed E-state index contributed by atoms with van der Waals surface area (Å²) in [6.07, 6.45) is 5.44. The van der Waals surface area contributed by atoms with Crippen LogP contribution in [0.4, 0.5) is 4.79 Å². The minimum Gasteiger partial charge on any atom is -0.434 e. The zero-order valence-electron chi connectivity index (χ0n) is 7.21. The summed E-state index contributed by atoms with van der Waals surface area (Å²) in [6, 6.07) is 0.304. The third-order valence-electron chi connectivity index (χ3n) is 2.14. The lowest BCUT2D eigenvalue weighted by Gasteiger charge is -2.21. The van der Waals surface area contributed by atoms with E-state index in [1.165, 1.54) is 19.3 Å². The van der Waals surface area contributed by atoms with Gasteiger partial charge in [-0.05, 0) is 12.8 Å². The van der Waals surface area contributed by atoms with E-state index in [0.29, 0.717) is 6.04 Å². The zero-order valence-corrected chi connectivity index (χ0v) is 7.21. The van der Waals surface area contributed by atoms with Crippen molar-refractivity contribution in [3.05, 3.63) is 0 Å². The van der Waals surface area contributed by atoms with E-state index < -0.39 is 0 Å². The molecule has 3 N–H and O–H groups in total. The Balaban J connectivity index is 2.15. The van der Waals surface area contributed by atoms with E-state index >= 15 is 0 Å². The molecule has 0 aliphatic heterocycles. The van der Waals surface area contributed by atoms with Crippen molar-refractivity contribution in [1.29, 1.82) is 0 Å². The van der Waals surface area contributed by atoms with Crippen molar-refractivity contribution < 1.29 is 9.53 Å². The molecule has 4 nitrogen and oxygen atoms in total. The Hall–Kier alpha value is -0.770. The molecule has 70 valence electrons. The van der Waals surface area contributed by atoms with E-state index in [1.54, 1.807) is 0 Å². The monoisotopic (exact) mass is 172 g/mol. The van der Waals surface area contributed by atoms with Crippen LogP contribution in [0.2, 0.25) is 0 Å². The number of amides is 1. The quantitative estimate of drug-likeness (QED) is 0.610. The largest absolute Gasteiger partial charge is 0.434 e. The third-order valence-corrected chi connectivity index (χ3v) is 2.14. The van der Waals surface area contributed by atoms with Crippen LogP contribution in [0.25, 0.3) is 0 Å². The summed E-state index contributed by atoms with van der Waals surface area (Å²) in [5, 5.41) is 2.78. The first-order chi connectivity index (χ1) is 5.83. The summed E-state index contributed by atoms with van der Waals surface area (Å²) in [7, 11) is 0. The van der Waals surface area contributed by atoms with Gasteiger partial charge in [-0.1, -0.05) is 19.3 Å². The van der Waals surface area contributed by atoms with Crippen molar-refractivity contribution >= 4 is 6.09 Å². The van der Waals surface area contributed by atoms with Gasteiger partial charge in [0, 0.05) is 6.04 Å². The zero-order chi connectivity index (χ0) is 8.81. The normalized spacial score (nSPS) is 18.8. The van der Waals surface area contributed by atoms with Crippen LogP contribution in [0.3, 0.4) is 0 Å². The lowest BCUT2D eigenvalue weighted by Crippen LogP contribution is -2.37. The molecule has 12 heavy (non-hydrogen) atoms. The summed E-state index contributed by atoms with van der Waals surface area (Å²) < 4.78 is 4.57. The van der Waals surface area contributed by atoms with Gasteiger partial charge in [-0.25, -0.2) is 4.79 Å². The number of carbonyl (C=O) groups is 1. The average Bonchev–Trinajstić information content (AvgIpc) is 2.06. The van der Waals surface area contributed by atoms with E-state index in [9.17, 15) is 4.79 Å². The van der Waals surface area contributed by atoms with Crippen LogP contribution >= 0.6 is 0 Å². The molecule has 1 amide bonds. The molecule has 0 aromatic carbocycles. The molecule has 1 aliphatic rings. The highest BCUT2D eigenvalue weighted by Crippen LogP contribution is 2.17. The van der Waals surface area contributed by atoms with Crippen LogP contribution in [0.15, 0.2) is 0 Å². The van der Waals surface area contributed by atoms with E-state index in [4.69, 9.17) is 5.73 Å². The lowest BCUT2D eigenvalue weighted by molar-refractivity contribution is 0.142. The van der Waals surface area contributed by atoms with Gasteiger partial charge in [0.2, 0.25) is 0 Å². The minimum absolute atomic E-state index is 0.0431. The second kappa shape index (κ2) is 4.98. The minimum atomic E-state index is -0.385. The summed E-state index contributed by atoms with van der Waals surface area (Å²) in [5.41, 5.74) is 5.05. The number of nitrogens with one attached hydrogen (secondary N) is 1. The molecule has 1 rings (SSSR count). The second-order valence-electron chi connectivity index (χ2n) is 3.08. The van der Waals surface area contributed by atoms with E-state index in [0.717, 1.165) is 12.8 Å². The molecule has 0 spiro atoms. The Bertz CT molecular complexity index is 144. The highest BCUT2D eigenvalue weighted by molar-refractivity contribution is 5.67. The molecule has 1 saturated carbocycles. The smallest absolute Gasteiger partial charge is 0.408 e. The molecule has 0 radical (unpaired) electrons. The van der Waals surface area contributed by atoms with Gasteiger partial charge < -0.3 is 10.1 Å². The SMILES string of the molecule is NCOC(=O)NC1CCCCC1. The van der Waals surface area contributed by atoms with Crippen LogP contribution in [-0.2, 0) is 4.74 Å². The van der Waals surface area contributed by atoms with Crippen molar-refractivity contribution in [3.63, 3.8) is 0 Å². The van der Waals surface area contributed by atoms with E-state index in [2.05, 4.69) is 10.1 Å². The molecule has 1 fully saturated rings. The maximum atomic E-state index is 10.9. The predicted molar refractivity (Wildman–Crippen MR) is 45.5 cm³/mol. The summed E-state index contributed by atoms with van der Waals surface area (Å²) in [5.74, 6) is 0. The Kier molecular flexibility index (Phi) is 3.87. The first-order valence-corrected chi connectivity index (χ1v) is 4.46. The van der Waals surface area contributed by atoms with E-state index in [-0.39, 0.29) is 12.8 Å². The fraction of sp³-hybridized carbons (Fsp3) is 0.875. The van der Waals surface area contributed by atoms with Crippen LogP contribution in [0, 0.1) is 0 Å². The van der Waals surface area contributed by atoms with Crippen molar-refractivity contribution in [2.24, 2.45) is 5.73 Å². The molecule has 0 saturated heterocycles. The Morgan fingerprint density at radius 3 is 2.67 bits per heavy atom. The lowest BCUT2D eigenvalue weighted by atomic mass is 9.96. The van der Waals surface area contributed by atoms with Crippen molar-refractivity contribution in [3.8, 4) is 0 Å².